The van der Waals surface area contributed by atoms with E-state index in [1.165, 1.54) is 0 Å². The lowest BCUT2D eigenvalue weighted by Gasteiger charge is -2.09. The molecule has 1 aromatic rings. The van der Waals surface area contributed by atoms with Gasteiger partial charge in [-0.25, -0.2) is 0 Å². The van der Waals surface area contributed by atoms with Crippen molar-refractivity contribution in [1.82, 2.24) is 5.48 Å². The summed E-state index contributed by atoms with van der Waals surface area (Å²) in [6.45, 7) is -0.884. The van der Waals surface area contributed by atoms with Crippen molar-refractivity contribution in [2.45, 2.75) is 6.18 Å². The maximum absolute atomic E-state index is 11.6. The Hall–Kier alpha value is -1.27. The van der Waals surface area contributed by atoms with E-state index in [1.54, 1.807) is 12.1 Å². The first-order valence-corrected chi connectivity index (χ1v) is 4.67. The first-order valence-electron chi connectivity index (χ1n) is 4.67. The van der Waals surface area contributed by atoms with E-state index in [9.17, 15) is 13.2 Å². The molecule has 0 amide bonds. The molecule has 1 rings (SSSR count). The van der Waals surface area contributed by atoms with E-state index in [-0.39, 0.29) is 13.2 Å². The SMILES string of the molecule is FC(F)(F)CONCCOc1ccccc1. The maximum atomic E-state index is 11.6. The zero-order chi connectivity index (χ0) is 11.9. The fourth-order valence-corrected chi connectivity index (χ4v) is 0.932. The van der Waals surface area contributed by atoms with Crippen LogP contribution in [0.1, 0.15) is 0 Å². The Morgan fingerprint density at radius 3 is 2.44 bits per heavy atom. The van der Waals surface area contributed by atoms with Crippen LogP contribution < -0.4 is 10.2 Å². The number of ether oxygens (including phenoxy) is 1. The Balaban J connectivity index is 2.01. The molecule has 0 spiro atoms. The van der Waals surface area contributed by atoms with Crippen molar-refractivity contribution >= 4 is 0 Å². The van der Waals surface area contributed by atoms with Crippen molar-refractivity contribution in [3.8, 4) is 5.75 Å². The molecule has 16 heavy (non-hydrogen) atoms. The van der Waals surface area contributed by atoms with Crippen LogP contribution in [0.5, 0.6) is 5.75 Å². The van der Waals surface area contributed by atoms with Gasteiger partial charge < -0.3 is 4.74 Å². The predicted molar refractivity (Wildman–Crippen MR) is 51.9 cm³/mol. The number of hydrogen-bond acceptors (Lipinski definition) is 3. The molecular weight excluding hydrogens is 223 g/mol. The smallest absolute Gasteiger partial charge is 0.413 e. The molecule has 0 saturated carbocycles. The molecule has 0 atom stereocenters. The zero-order valence-corrected chi connectivity index (χ0v) is 8.46. The Morgan fingerprint density at radius 1 is 1.12 bits per heavy atom. The van der Waals surface area contributed by atoms with Gasteiger partial charge in [0, 0.05) is 0 Å². The molecule has 0 aliphatic rings. The molecule has 0 aliphatic carbocycles. The van der Waals surface area contributed by atoms with E-state index in [0.29, 0.717) is 5.75 Å². The van der Waals surface area contributed by atoms with Gasteiger partial charge in [-0.1, -0.05) is 18.2 Å². The topological polar surface area (TPSA) is 30.5 Å². The van der Waals surface area contributed by atoms with Gasteiger partial charge in [-0.05, 0) is 12.1 Å². The van der Waals surface area contributed by atoms with Crippen LogP contribution in [0.15, 0.2) is 30.3 Å². The minimum absolute atomic E-state index is 0.185. The Morgan fingerprint density at radius 2 is 1.81 bits per heavy atom. The van der Waals surface area contributed by atoms with Crippen molar-refractivity contribution in [3.63, 3.8) is 0 Å². The number of hydroxylamine groups is 1. The van der Waals surface area contributed by atoms with E-state index in [0.717, 1.165) is 0 Å². The van der Waals surface area contributed by atoms with Crippen LogP contribution >= 0.6 is 0 Å². The minimum Gasteiger partial charge on any atom is -0.492 e. The summed E-state index contributed by atoms with van der Waals surface area (Å²) in [4.78, 5) is 4.18. The fourth-order valence-electron chi connectivity index (χ4n) is 0.932. The van der Waals surface area contributed by atoms with Gasteiger partial charge in [-0.2, -0.15) is 18.7 Å². The number of halogens is 3. The summed E-state index contributed by atoms with van der Waals surface area (Å²) in [5.74, 6) is 0.667. The van der Waals surface area contributed by atoms with Crippen molar-refractivity contribution in [3.05, 3.63) is 30.3 Å². The van der Waals surface area contributed by atoms with Gasteiger partial charge in [0.15, 0.2) is 6.61 Å². The van der Waals surface area contributed by atoms with Gasteiger partial charge in [0.25, 0.3) is 0 Å². The average molecular weight is 235 g/mol. The molecule has 0 aliphatic heterocycles. The molecule has 0 heterocycles. The van der Waals surface area contributed by atoms with Gasteiger partial charge in [0.1, 0.15) is 12.4 Å². The van der Waals surface area contributed by atoms with Gasteiger partial charge in [-0.3, -0.25) is 4.84 Å². The van der Waals surface area contributed by atoms with Gasteiger partial charge >= 0.3 is 6.18 Å². The molecular formula is C10H12F3NO2. The third kappa shape index (κ3) is 6.26. The third-order valence-corrected chi connectivity index (χ3v) is 1.55. The Labute approximate surface area is 91.1 Å². The fraction of sp³-hybridized carbons (Fsp3) is 0.400. The summed E-state index contributed by atoms with van der Waals surface area (Å²) in [5, 5.41) is 0. The Bertz CT molecular complexity index is 290. The second-order valence-corrected chi connectivity index (χ2v) is 2.96. The van der Waals surface area contributed by atoms with Crippen molar-refractivity contribution in [2.75, 3.05) is 19.8 Å². The lowest BCUT2D eigenvalue weighted by atomic mass is 10.3. The van der Waals surface area contributed by atoms with Gasteiger partial charge in [0.05, 0.1) is 6.54 Å². The number of nitrogens with one attached hydrogen (secondary N) is 1. The lowest BCUT2D eigenvalue weighted by molar-refractivity contribution is -0.189. The van der Waals surface area contributed by atoms with Crippen LogP contribution in [0, 0.1) is 0 Å². The van der Waals surface area contributed by atoms with E-state index < -0.39 is 12.8 Å². The molecule has 6 heteroatoms. The molecule has 0 fully saturated rings. The highest BCUT2D eigenvalue weighted by Gasteiger charge is 2.27. The lowest BCUT2D eigenvalue weighted by Crippen LogP contribution is -2.27. The molecule has 0 saturated heterocycles. The molecule has 0 unspecified atom stereocenters. The largest absolute Gasteiger partial charge is 0.492 e. The zero-order valence-electron chi connectivity index (χ0n) is 8.46. The van der Waals surface area contributed by atoms with Crippen LogP contribution in [0.4, 0.5) is 13.2 Å². The van der Waals surface area contributed by atoms with E-state index in [2.05, 4.69) is 10.3 Å². The molecule has 3 nitrogen and oxygen atoms in total. The molecule has 0 radical (unpaired) electrons. The molecule has 1 aromatic carbocycles. The number of rotatable bonds is 6. The number of benzene rings is 1. The number of para-hydroxylation sites is 1. The number of alkyl halides is 3. The van der Waals surface area contributed by atoms with Crippen molar-refractivity contribution in [1.29, 1.82) is 0 Å². The minimum atomic E-state index is -4.31. The summed E-state index contributed by atoms with van der Waals surface area (Å²) < 4.78 is 40.1. The molecule has 1 N–H and O–H groups in total. The quantitative estimate of drug-likeness (QED) is 0.605. The van der Waals surface area contributed by atoms with E-state index in [1.807, 2.05) is 18.2 Å². The summed E-state index contributed by atoms with van der Waals surface area (Å²) in [6, 6.07) is 8.98. The standard InChI is InChI=1S/C10H12F3NO2/c11-10(12,13)8-16-14-6-7-15-9-4-2-1-3-5-9/h1-5,14H,6-8H2. The van der Waals surface area contributed by atoms with Gasteiger partial charge in [-0.15, -0.1) is 0 Å². The van der Waals surface area contributed by atoms with Gasteiger partial charge in [0.2, 0.25) is 0 Å². The van der Waals surface area contributed by atoms with Crippen LogP contribution in [0.25, 0.3) is 0 Å². The van der Waals surface area contributed by atoms with Crippen molar-refractivity contribution in [2.24, 2.45) is 0 Å². The first-order chi connectivity index (χ1) is 7.58. The van der Waals surface area contributed by atoms with Crippen LogP contribution in [-0.4, -0.2) is 25.9 Å². The Kier molecular flexibility index (Phi) is 5.07. The highest BCUT2D eigenvalue weighted by Crippen LogP contribution is 2.13. The van der Waals surface area contributed by atoms with Crippen LogP contribution in [0.3, 0.4) is 0 Å². The van der Waals surface area contributed by atoms with Crippen LogP contribution in [0.2, 0.25) is 0 Å². The third-order valence-electron chi connectivity index (χ3n) is 1.55. The van der Waals surface area contributed by atoms with Crippen molar-refractivity contribution < 1.29 is 22.7 Å². The second kappa shape index (κ2) is 6.34. The predicted octanol–water partition coefficient (Wildman–Crippen LogP) is 2.15. The normalized spacial score (nSPS) is 11.4. The summed E-state index contributed by atoms with van der Waals surface area (Å²) in [5.41, 5.74) is 2.17. The van der Waals surface area contributed by atoms with E-state index >= 15 is 0 Å². The average Bonchev–Trinajstić information content (AvgIpc) is 2.23. The highest BCUT2D eigenvalue weighted by molar-refractivity contribution is 5.20. The molecule has 90 valence electrons. The molecule has 0 bridgehead atoms. The monoisotopic (exact) mass is 235 g/mol. The maximum Gasteiger partial charge on any atom is 0.413 e. The van der Waals surface area contributed by atoms with E-state index in [4.69, 9.17) is 4.74 Å². The number of hydrogen-bond donors (Lipinski definition) is 1. The second-order valence-electron chi connectivity index (χ2n) is 2.96. The first kappa shape index (κ1) is 12.8. The van der Waals surface area contributed by atoms with Crippen LogP contribution in [-0.2, 0) is 4.84 Å². The summed E-state index contributed by atoms with van der Waals surface area (Å²) in [7, 11) is 0. The molecule has 0 aromatic heterocycles. The summed E-state index contributed by atoms with van der Waals surface area (Å²) in [6.07, 6.45) is -4.31. The highest BCUT2D eigenvalue weighted by atomic mass is 19.4. The summed E-state index contributed by atoms with van der Waals surface area (Å²) >= 11 is 0.